The lowest BCUT2D eigenvalue weighted by atomic mass is 9.89. The first-order valence-corrected chi connectivity index (χ1v) is 6.17. The molecule has 0 N–H and O–H groups in total. The zero-order chi connectivity index (χ0) is 11.9. The first-order valence-electron chi connectivity index (χ1n) is 5.81. The van der Waals surface area contributed by atoms with Crippen LogP contribution in [0.1, 0.15) is 23.5 Å². The highest BCUT2D eigenvalue weighted by Crippen LogP contribution is 2.27. The van der Waals surface area contributed by atoms with Crippen molar-refractivity contribution in [3.05, 3.63) is 71.8 Å². The minimum atomic E-state index is 0.393. The van der Waals surface area contributed by atoms with Crippen LogP contribution in [-0.4, -0.2) is 6.54 Å². The normalized spacial score (nSPS) is 10.4. The summed E-state index contributed by atoms with van der Waals surface area (Å²) in [5.41, 5.74) is 2.66. The molecule has 0 amide bonds. The number of benzene rings is 2. The molecule has 0 aromatic heterocycles. The van der Waals surface area contributed by atoms with E-state index in [2.05, 4.69) is 52.9 Å². The van der Waals surface area contributed by atoms with Gasteiger partial charge < -0.3 is 0 Å². The maximum absolute atomic E-state index is 4.70. The van der Waals surface area contributed by atoms with Crippen molar-refractivity contribution in [2.45, 2.75) is 12.3 Å². The third-order valence-corrected chi connectivity index (χ3v) is 3.10. The maximum Gasteiger partial charge on any atom is 0.0530 e. The van der Waals surface area contributed by atoms with Gasteiger partial charge in [-0.1, -0.05) is 60.7 Å². The summed E-state index contributed by atoms with van der Waals surface area (Å²) in [5, 5.41) is 0. The molecule has 2 heteroatoms. The fourth-order valence-corrected chi connectivity index (χ4v) is 2.18. The van der Waals surface area contributed by atoms with E-state index >= 15 is 0 Å². The average molecular weight is 241 g/mol. The number of rotatable bonds is 5. The number of hydrogen-bond donors (Lipinski definition) is 0. The Morgan fingerprint density at radius 3 is 1.71 bits per heavy atom. The summed E-state index contributed by atoms with van der Waals surface area (Å²) in [6.07, 6.45) is 0.970. The summed E-state index contributed by atoms with van der Waals surface area (Å²) in [6.45, 7) is 0.726. The van der Waals surface area contributed by atoms with Gasteiger partial charge in [0.2, 0.25) is 0 Å². The molecule has 2 aromatic rings. The first-order chi connectivity index (χ1) is 8.42. The van der Waals surface area contributed by atoms with Gasteiger partial charge >= 0.3 is 0 Å². The van der Waals surface area contributed by atoms with Crippen LogP contribution >= 0.6 is 0 Å². The Bertz CT molecular complexity index is 413. The second kappa shape index (κ2) is 6.26. The van der Waals surface area contributed by atoms with Gasteiger partial charge in [0.25, 0.3) is 0 Å². The van der Waals surface area contributed by atoms with Gasteiger partial charge in [-0.2, -0.15) is 0 Å². The van der Waals surface area contributed by atoms with Gasteiger partial charge in [-0.05, 0) is 17.5 Å². The summed E-state index contributed by atoms with van der Waals surface area (Å²) in [7, 11) is 0. The second-order valence-corrected chi connectivity index (χ2v) is 4.27. The Balaban J connectivity index is 2.29. The fourth-order valence-electron chi connectivity index (χ4n) is 2.08. The van der Waals surface area contributed by atoms with Crippen molar-refractivity contribution < 1.29 is 0 Å². The molecule has 1 nitrogen and oxygen atoms in total. The highest BCUT2D eigenvalue weighted by atomic mass is 32.1. The molecule has 0 saturated carbocycles. The number of hydrogen-bond acceptors (Lipinski definition) is 2. The molecule has 0 aliphatic rings. The Morgan fingerprint density at radius 1 is 0.824 bits per heavy atom. The Morgan fingerprint density at radius 2 is 1.29 bits per heavy atom. The minimum absolute atomic E-state index is 0.393. The summed E-state index contributed by atoms with van der Waals surface area (Å²) in [4.78, 5) is 0. The molecule has 0 unspecified atom stereocenters. The lowest BCUT2D eigenvalue weighted by Crippen LogP contribution is -2.02. The van der Waals surface area contributed by atoms with Gasteiger partial charge in [-0.3, -0.25) is 0 Å². The van der Waals surface area contributed by atoms with E-state index in [1.54, 1.807) is 0 Å². The molecule has 0 fully saturated rings. The lowest BCUT2D eigenvalue weighted by molar-refractivity contribution is 0.732. The molecule has 2 rings (SSSR count). The molecule has 0 aliphatic carbocycles. The van der Waals surface area contributed by atoms with Gasteiger partial charge in [0.1, 0.15) is 0 Å². The van der Waals surface area contributed by atoms with E-state index in [4.69, 9.17) is 12.4 Å². The van der Waals surface area contributed by atoms with Gasteiger partial charge in [0, 0.05) is 18.3 Å². The van der Waals surface area contributed by atoms with Crippen LogP contribution < -0.4 is 0 Å². The standard InChI is InChI=1S/C15H15NS/c17-16-12-11-15(13-7-3-1-4-8-13)14-9-5-2-6-10-14/h1-10,15H,11-12H2. The van der Waals surface area contributed by atoms with Crippen molar-refractivity contribution in [2.75, 3.05) is 6.54 Å². The quantitative estimate of drug-likeness (QED) is 0.772. The predicted octanol–water partition coefficient (Wildman–Crippen LogP) is 3.94. The van der Waals surface area contributed by atoms with Gasteiger partial charge in [0.05, 0.1) is 6.54 Å². The van der Waals surface area contributed by atoms with E-state index in [-0.39, 0.29) is 0 Å². The Hall–Kier alpha value is -1.54. The monoisotopic (exact) mass is 241 g/mol. The topological polar surface area (TPSA) is 12.4 Å². The molecular formula is C15H15NS. The summed E-state index contributed by atoms with van der Waals surface area (Å²) in [5.74, 6) is 0.393. The van der Waals surface area contributed by atoms with Crippen LogP contribution in [-0.2, 0) is 12.4 Å². The van der Waals surface area contributed by atoms with Crippen molar-refractivity contribution in [2.24, 2.45) is 4.36 Å². The van der Waals surface area contributed by atoms with Crippen molar-refractivity contribution in [3.8, 4) is 0 Å². The van der Waals surface area contributed by atoms with Crippen LogP contribution in [0.25, 0.3) is 0 Å². The molecule has 2 aromatic carbocycles. The second-order valence-electron chi connectivity index (χ2n) is 4.02. The van der Waals surface area contributed by atoms with E-state index in [1.165, 1.54) is 11.1 Å². The fraction of sp³-hybridized carbons (Fsp3) is 0.200. The molecule has 86 valence electrons. The van der Waals surface area contributed by atoms with E-state index in [0.717, 1.165) is 13.0 Å². The Kier molecular flexibility index (Phi) is 4.39. The third-order valence-electron chi connectivity index (χ3n) is 2.91. The van der Waals surface area contributed by atoms with Gasteiger partial charge in [-0.15, -0.1) is 0 Å². The van der Waals surface area contributed by atoms with Crippen LogP contribution in [0, 0.1) is 0 Å². The first kappa shape index (κ1) is 11.9. The molecule has 17 heavy (non-hydrogen) atoms. The van der Waals surface area contributed by atoms with Crippen LogP contribution in [0.15, 0.2) is 65.0 Å². The lowest BCUT2D eigenvalue weighted by Gasteiger charge is -2.16. The van der Waals surface area contributed by atoms with E-state index in [1.807, 2.05) is 12.1 Å². The van der Waals surface area contributed by atoms with E-state index in [9.17, 15) is 0 Å². The van der Waals surface area contributed by atoms with Crippen molar-refractivity contribution in [3.63, 3.8) is 0 Å². The molecule has 0 bridgehead atoms. The molecule has 0 radical (unpaired) electrons. The van der Waals surface area contributed by atoms with Gasteiger partial charge in [-0.25, -0.2) is 4.36 Å². The summed E-state index contributed by atoms with van der Waals surface area (Å²) < 4.78 is 3.81. The summed E-state index contributed by atoms with van der Waals surface area (Å²) in [6, 6.07) is 21.1. The van der Waals surface area contributed by atoms with Crippen molar-refractivity contribution >= 4 is 12.4 Å². The zero-order valence-electron chi connectivity index (χ0n) is 9.62. The minimum Gasteiger partial charge on any atom is -0.220 e. The van der Waals surface area contributed by atoms with Crippen LogP contribution in [0.4, 0.5) is 0 Å². The van der Waals surface area contributed by atoms with Crippen molar-refractivity contribution in [1.82, 2.24) is 0 Å². The van der Waals surface area contributed by atoms with E-state index < -0.39 is 0 Å². The average Bonchev–Trinajstić information content (AvgIpc) is 2.42. The van der Waals surface area contributed by atoms with Crippen LogP contribution in [0.5, 0.6) is 0 Å². The highest BCUT2D eigenvalue weighted by Gasteiger charge is 2.12. The highest BCUT2D eigenvalue weighted by molar-refractivity contribution is 7.47. The largest absolute Gasteiger partial charge is 0.220 e. The zero-order valence-corrected chi connectivity index (χ0v) is 10.4. The molecular weight excluding hydrogens is 226 g/mol. The maximum atomic E-state index is 4.70. The molecule has 0 aliphatic heterocycles. The number of nitrogens with zero attached hydrogens (tertiary/aromatic N) is 1. The molecule has 0 heterocycles. The van der Waals surface area contributed by atoms with Crippen molar-refractivity contribution in [1.29, 1.82) is 0 Å². The third kappa shape index (κ3) is 3.21. The molecule has 0 atom stereocenters. The van der Waals surface area contributed by atoms with Crippen LogP contribution in [0.3, 0.4) is 0 Å². The Labute approximate surface area is 108 Å². The molecule has 0 spiro atoms. The summed E-state index contributed by atoms with van der Waals surface area (Å²) >= 11 is 4.70. The van der Waals surface area contributed by atoms with Gasteiger partial charge in [0.15, 0.2) is 0 Å². The van der Waals surface area contributed by atoms with Crippen LogP contribution in [0.2, 0.25) is 0 Å². The van der Waals surface area contributed by atoms with E-state index in [0.29, 0.717) is 5.92 Å². The smallest absolute Gasteiger partial charge is 0.0530 e. The molecule has 0 saturated heterocycles. The predicted molar refractivity (Wildman–Crippen MR) is 74.0 cm³/mol. The SMILES string of the molecule is S=NCCC(c1ccccc1)c1ccccc1.